The molecule has 0 bridgehead atoms. The summed E-state index contributed by atoms with van der Waals surface area (Å²) in [5.74, 6) is -0.546. The molecule has 0 unspecified atom stereocenters. The molecule has 1 aliphatic heterocycles. The van der Waals surface area contributed by atoms with Crippen LogP contribution in [0.25, 0.3) is 0 Å². The summed E-state index contributed by atoms with van der Waals surface area (Å²) in [6.07, 6.45) is -9.37. The number of rotatable bonds is 4. The molecule has 2 aromatic rings. The predicted octanol–water partition coefficient (Wildman–Crippen LogP) is 4.11. The van der Waals surface area contributed by atoms with Gasteiger partial charge in [0.15, 0.2) is 0 Å². The molecule has 1 aliphatic rings. The van der Waals surface area contributed by atoms with E-state index in [0.29, 0.717) is 5.69 Å². The number of piperazine rings is 1. The maximum absolute atomic E-state index is 12.9. The normalized spacial score (nSPS) is 16.5. The second-order valence-electron chi connectivity index (χ2n) is 6.46. The van der Waals surface area contributed by atoms with E-state index >= 15 is 0 Å². The van der Waals surface area contributed by atoms with Crippen molar-refractivity contribution in [1.82, 2.24) is 4.31 Å². The lowest BCUT2D eigenvalue weighted by molar-refractivity contribution is -0.274. The van der Waals surface area contributed by atoms with Crippen LogP contribution < -0.4 is 9.64 Å². The molecule has 0 aliphatic carbocycles. The van der Waals surface area contributed by atoms with Crippen molar-refractivity contribution in [3.05, 3.63) is 54.1 Å². The lowest BCUT2D eigenvalue weighted by Crippen LogP contribution is -2.48. The van der Waals surface area contributed by atoms with E-state index in [1.54, 1.807) is 4.90 Å². The highest BCUT2D eigenvalue weighted by Crippen LogP contribution is 2.32. The van der Waals surface area contributed by atoms with Gasteiger partial charge in [0.25, 0.3) is 0 Å². The molecule has 0 radical (unpaired) electrons. The Morgan fingerprint density at radius 1 is 0.833 bits per heavy atom. The van der Waals surface area contributed by atoms with Gasteiger partial charge >= 0.3 is 12.5 Å². The highest BCUT2D eigenvalue weighted by molar-refractivity contribution is 7.89. The molecule has 0 saturated carbocycles. The standard InChI is InChI=1S/C18H16F6N2O3S/c19-17(20,21)13-2-1-3-14(12-13)25-8-10-26(11-9-25)30(27,28)16-6-4-15(5-7-16)29-18(22,23)24/h1-7,12H,8-11H2. The molecule has 0 aromatic heterocycles. The van der Waals surface area contributed by atoms with Gasteiger partial charge in [0.2, 0.25) is 10.0 Å². The van der Waals surface area contributed by atoms with Crippen molar-refractivity contribution < 1.29 is 39.5 Å². The highest BCUT2D eigenvalue weighted by Gasteiger charge is 2.33. The Kier molecular flexibility index (Phi) is 5.92. The lowest BCUT2D eigenvalue weighted by atomic mass is 10.1. The fourth-order valence-electron chi connectivity index (χ4n) is 3.03. The first-order valence-corrected chi connectivity index (χ1v) is 10.1. The number of nitrogens with zero attached hydrogens (tertiary/aromatic N) is 2. The fourth-order valence-corrected chi connectivity index (χ4v) is 4.45. The van der Waals surface area contributed by atoms with Crippen LogP contribution in [0.2, 0.25) is 0 Å². The van der Waals surface area contributed by atoms with Crippen LogP contribution in [0.15, 0.2) is 53.4 Å². The van der Waals surface area contributed by atoms with Crippen LogP contribution in [0.4, 0.5) is 32.0 Å². The molecule has 0 N–H and O–H groups in total. The number of sulfonamides is 1. The van der Waals surface area contributed by atoms with Crippen molar-refractivity contribution in [2.45, 2.75) is 17.4 Å². The van der Waals surface area contributed by atoms with Crippen LogP contribution in [0, 0.1) is 0 Å². The Morgan fingerprint density at radius 3 is 1.97 bits per heavy atom. The van der Waals surface area contributed by atoms with Gasteiger partial charge in [0, 0.05) is 31.9 Å². The first-order chi connectivity index (χ1) is 13.9. The molecular weight excluding hydrogens is 438 g/mol. The molecule has 2 aromatic carbocycles. The topological polar surface area (TPSA) is 49.9 Å². The van der Waals surface area contributed by atoms with E-state index in [9.17, 15) is 34.8 Å². The van der Waals surface area contributed by atoms with Gasteiger partial charge in [-0.15, -0.1) is 13.2 Å². The number of halogens is 6. The molecule has 0 amide bonds. The van der Waals surface area contributed by atoms with Gasteiger partial charge in [-0.2, -0.15) is 17.5 Å². The second kappa shape index (κ2) is 7.99. The molecule has 0 atom stereocenters. The first-order valence-electron chi connectivity index (χ1n) is 8.64. The number of alkyl halides is 6. The van der Waals surface area contributed by atoms with Gasteiger partial charge in [0.05, 0.1) is 10.5 Å². The Labute approximate surface area is 168 Å². The van der Waals surface area contributed by atoms with E-state index in [1.165, 1.54) is 12.1 Å². The van der Waals surface area contributed by atoms with Crippen molar-refractivity contribution in [2.75, 3.05) is 31.1 Å². The zero-order valence-electron chi connectivity index (χ0n) is 15.2. The smallest absolute Gasteiger partial charge is 0.406 e. The molecule has 0 spiro atoms. The maximum atomic E-state index is 12.9. The van der Waals surface area contributed by atoms with Crippen molar-refractivity contribution in [3.63, 3.8) is 0 Å². The SMILES string of the molecule is O=S(=O)(c1ccc(OC(F)(F)F)cc1)N1CCN(c2cccc(C(F)(F)F)c2)CC1. The molecule has 12 heteroatoms. The van der Waals surface area contributed by atoms with Crippen molar-refractivity contribution in [1.29, 1.82) is 0 Å². The number of anilines is 1. The number of benzene rings is 2. The Morgan fingerprint density at radius 2 is 1.43 bits per heavy atom. The zero-order chi connectivity index (χ0) is 22.2. The highest BCUT2D eigenvalue weighted by atomic mass is 32.2. The minimum Gasteiger partial charge on any atom is -0.406 e. The van der Waals surface area contributed by atoms with Crippen molar-refractivity contribution in [3.8, 4) is 5.75 Å². The van der Waals surface area contributed by atoms with E-state index < -0.39 is 33.9 Å². The molecule has 30 heavy (non-hydrogen) atoms. The molecule has 3 rings (SSSR count). The monoisotopic (exact) mass is 454 g/mol. The first kappa shape index (κ1) is 22.2. The van der Waals surface area contributed by atoms with Crippen LogP contribution >= 0.6 is 0 Å². The third kappa shape index (κ3) is 5.17. The summed E-state index contributed by atoms with van der Waals surface area (Å²) in [5.41, 5.74) is -0.466. The average molecular weight is 454 g/mol. The summed E-state index contributed by atoms with van der Waals surface area (Å²) in [4.78, 5) is 1.44. The van der Waals surface area contributed by atoms with Crippen LogP contribution in [0.1, 0.15) is 5.56 Å². The number of hydrogen-bond donors (Lipinski definition) is 0. The fraction of sp³-hybridized carbons (Fsp3) is 0.333. The van der Waals surface area contributed by atoms with Gasteiger partial charge in [-0.1, -0.05) is 6.07 Å². The average Bonchev–Trinajstić information content (AvgIpc) is 2.67. The van der Waals surface area contributed by atoms with Crippen LogP contribution in [-0.4, -0.2) is 45.3 Å². The Balaban J connectivity index is 1.68. The lowest BCUT2D eigenvalue weighted by Gasteiger charge is -2.35. The zero-order valence-corrected chi connectivity index (χ0v) is 16.1. The molecule has 1 heterocycles. The van der Waals surface area contributed by atoms with Crippen molar-refractivity contribution in [2.24, 2.45) is 0 Å². The molecular formula is C18H16F6N2O3S. The third-order valence-electron chi connectivity index (χ3n) is 4.47. The molecule has 164 valence electrons. The van der Waals surface area contributed by atoms with Gasteiger partial charge in [-0.05, 0) is 42.5 Å². The second-order valence-corrected chi connectivity index (χ2v) is 8.40. The van der Waals surface area contributed by atoms with Gasteiger partial charge in [-0.3, -0.25) is 0 Å². The summed E-state index contributed by atoms with van der Waals surface area (Å²) >= 11 is 0. The summed E-state index contributed by atoms with van der Waals surface area (Å²) < 4.78 is 106. The van der Waals surface area contributed by atoms with E-state index in [0.717, 1.165) is 40.7 Å². The van der Waals surface area contributed by atoms with Crippen LogP contribution in [0.5, 0.6) is 5.75 Å². The third-order valence-corrected chi connectivity index (χ3v) is 6.39. The van der Waals surface area contributed by atoms with Gasteiger partial charge in [-0.25, -0.2) is 8.42 Å². The van der Waals surface area contributed by atoms with Crippen LogP contribution in [-0.2, 0) is 16.2 Å². The summed E-state index contributed by atoms with van der Waals surface area (Å²) in [6.45, 7) is 0.352. The summed E-state index contributed by atoms with van der Waals surface area (Å²) in [6, 6.07) is 8.58. The van der Waals surface area contributed by atoms with Gasteiger partial charge in [0.1, 0.15) is 5.75 Å². The summed E-state index contributed by atoms with van der Waals surface area (Å²) in [7, 11) is -3.97. The minimum absolute atomic E-state index is 0.0133. The van der Waals surface area contributed by atoms with E-state index in [2.05, 4.69) is 4.74 Å². The van der Waals surface area contributed by atoms with E-state index in [1.807, 2.05) is 0 Å². The number of ether oxygens (including phenoxy) is 1. The minimum atomic E-state index is -4.89. The number of hydrogen-bond acceptors (Lipinski definition) is 4. The summed E-state index contributed by atoms with van der Waals surface area (Å²) in [5, 5.41) is 0. The quantitative estimate of drug-likeness (QED) is 0.653. The maximum Gasteiger partial charge on any atom is 0.573 e. The van der Waals surface area contributed by atoms with E-state index in [4.69, 9.17) is 0 Å². The van der Waals surface area contributed by atoms with Crippen molar-refractivity contribution >= 4 is 15.7 Å². The predicted molar refractivity (Wildman–Crippen MR) is 95.5 cm³/mol. The molecule has 1 fully saturated rings. The largest absolute Gasteiger partial charge is 0.573 e. The van der Waals surface area contributed by atoms with Crippen LogP contribution in [0.3, 0.4) is 0 Å². The Bertz CT molecular complexity index is 982. The Hall–Kier alpha value is -2.47. The van der Waals surface area contributed by atoms with Gasteiger partial charge < -0.3 is 9.64 Å². The molecule has 5 nitrogen and oxygen atoms in total. The van der Waals surface area contributed by atoms with E-state index in [-0.39, 0.29) is 31.1 Å². The molecule has 1 saturated heterocycles.